The summed E-state index contributed by atoms with van der Waals surface area (Å²) in [4.78, 5) is 4.07. The molecule has 0 radical (unpaired) electrons. The van der Waals surface area contributed by atoms with Crippen molar-refractivity contribution in [2.24, 2.45) is 15.9 Å². The Labute approximate surface area is 135 Å². The van der Waals surface area contributed by atoms with Gasteiger partial charge in [-0.3, -0.25) is 0 Å². The van der Waals surface area contributed by atoms with Crippen molar-refractivity contribution >= 4 is 28.8 Å². The van der Waals surface area contributed by atoms with Crippen LogP contribution in [0.1, 0.15) is 16.7 Å². The zero-order chi connectivity index (χ0) is 16.6. The minimum absolute atomic E-state index is 0.0307. The lowest BCUT2D eigenvalue weighted by Gasteiger charge is -2.10. The number of aliphatic imine (C=N–C) groups is 1. The molecule has 0 amide bonds. The monoisotopic (exact) mass is 335 g/mol. The molecular weight excluding hydrogens is 324 g/mol. The van der Waals surface area contributed by atoms with Gasteiger partial charge in [-0.15, -0.1) is 0 Å². The van der Waals surface area contributed by atoms with Crippen LogP contribution >= 0.6 is 11.6 Å². The first-order chi connectivity index (χ1) is 11.0. The Morgan fingerprint density at radius 3 is 2.78 bits per heavy atom. The van der Waals surface area contributed by atoms with E-state index < -0.39 is 11.6 Å². The summed E-state index contributed by atoms with van der Waals surface area (Å²) in [6.07, 6.45) is 0.514. The Kier molecular flexibility index (Phi) is 4.00. The summed E-state index contributed by atoms with van der Waals surface area (Å²) < 4.78 is 27.0. The van der Waals surface area contributed by atoms with Crippen molar-refractivity contribution in [1.82, 2.24) is 0 Å². The van der Waals surface area contributed by atoms with Crippen molar-refractivity contribution in [2.45, 2.75) is 12.8 Å². The molecule has 3 N–H and O–H groups in total. The summed E-state index contributed by atoms with van der Waals surface area (Å²) >= 11 is 5.75. The molecule has 0 saturated carbocycles. The van der Waals surface area contributed by atoms with Gasteiger partial charge in [0, 0.05) is 18.4 Å². The number of hydrogen-bond acceptors (Lipinski definition) is 4. The van der Waals surface area contributed by atoms with E-state index in [1.807, 2.05) is 0 Å². The molecule has 0 aromatic heterocycles. The molecule has 2 aromatic rings. The number of halogens is 3. The first kappa shape index (κ1) is 15.4. The maximum atomic E-state index is 13.8. The SMILES string of the molecule is NC1=Nc2cc(F)cc(/C(Cc3ccc(F)c(Cl)c3)=N/O)c2C1. The van der Waals surface area contributed by atoms with E-state index in [1.165, 1.54) is 30.3 Å². The molecule has 7 heteroatoms. The molecule has 23 heavy (non-hydrogen) atoms. The lowest BCUT2D eigenvalue weighted by molar-refractivity contribution is 0.318. The quantitative estimate of drug-likeness (QED) is 0.511. The molecule has 0 bridgehead atoms. The number of oxime groups is 1. The zero-order valence-electron chi connectivity index (χ0n) is 11.9. The third-order valence-corrected chi connectivity index (χ3v) is 3.89. The van der Waals surface area contributed by atoms with E-state index in [-0.39, 0.29) is 17.2 Å². The number of nitrogens with zero attached hydrogens (tertiary/aromatic N) is 2. The van der Waals surface area contributed by atoms with Crippen LogP contribution in [0.4, 0.5) is 14.5 Å². The van der Waals surface area contributed by atoms with Crippen molar-refractivity contribution in [3.05, 3.63) is 63.7 Å². The van der Waals surface area contributed by atoms with Gasteiger partial charge >= 0.3 is 0 Å². The minimum Gasteiger partial charge on any atom is -0.411 e. The van der Waals surface area contributed by atoms with Crippen LogP contribution in [0.2, 0.25) is 5.02 Å². The fourth-order valence-corrected chi connectivity index (χ4v) is 2.77. The highest BCUT2D eigenvalue weighted by Gasteiger charge is 2.21. The van der Waals surface area contributed by atoms with E-state index in [4.69, 9.17) is 17.3 Å². The van der Waals surface area contributed by atoms with E-state index >= 15 is 0 Å². The van der Waals surface area contributed by atoms with Gasteiger partial charge in [0.1, 0.15) is 17.5 Å². The van der Waals surface area contributed by atoms with Gasteiger partial charge in [0.05, 0.1) is 16.4 Å². The third kappa shape index (κ3) is 3.03. The van der Waals surface area contributed by atoms with Gasteiger partial charge in [-0.1, -0.05) is 22.8 Å². The molecule has 0 saturated heterocycles. The van der Waals surface area contributed by atoms with Crippen LogP contribution in [0, 0.1) is 11.6 Å². The molecule has 1 heterocycles. The molecule has 0 aliphatic carbocycles. The molecule has 1 aliphatic rings. The first-order valence-electron chi connectivity index (χ1n) is 6.78. The van der Waals surface area contributed by atoms with Crippen LogP contribution in [0.15, 0.2) is 40.5 Å². The Bertz CT molecular complexity index is 849. The number of benzene rings is 2. The van der Waals surface area contributed by atoms with Gasteiger partial charge in [-0.2, -0.15) is 0 Å². The zero-order valence-corrected chi connectivity index (χ0v) is 12.6. The number of nitrogens with two attached hydrogens (primary N) is 1. The topological polar surface area (TPSA) is 71.0 Å². The van der Waals surface area contributed by atoms with Crippen molar-refractivity contribution < 1.29 is 14.0 Å². The number of amidine groups is 1. The predicted octanol–water partition coefficient (Wildman–Crippen LogP) is 3.58. The second-order valence-corrected chi connectivity index (χ2v) is 5.61. The van der Waals surface area contributed by atoms with E-state index in [1.54, 1.807) is 0 Å². The fraction of sp³-hybridized carbons (Fsp3) is 0.125. The summed E-state index contributed by atoms with van der Waals surface area (Å²) in [5.74, 6) is -0.671. The highest BCUT2D eigenvalue weighted by atomic mass is 35.5. The van der Waals surface area contributed by atoms with E-state index in [2.05, 4.69) is 10.1 Å². The standard InChI is InChI=1S/C16H12ClF2N3O/c17-12-3-8(1-2-13(12)19)4-15(22-23)10-5-9(18)6-14-11(10)7-16(20)21-14/h1-3,5-6,23H,4,7H2,(H2,20,21)/b22-15+. The Balaban J connectivity index is 1.99. The highest BCUT2D eigenvalue weighted by molar-refractivity contribution is 6.30. The van der Waals surface area contributed by atoms with E-state index in [9.17, 15) is 14.0 Å². The second kappa shape index (κ2) is 5.96. The van der Waals surface area contributed by atoms with Gasteiger partial charge in [0.2, 0.25) is 0 Å². The van der Waals surface area contributed by atoms with Gasteiger partial charge in [-0.05, 0) is 35.4 Å². The number of fused-ring (bicyclic) bond motifs is 1. The van der Waals surface area contributed by atoms with Gasteiger partial charge < -0.3 is 10.9 Å². The van der Waals surface area contributed by atoms with E-state index in [0.29, 0.717) is 34.6 Å². The van der Waals surface area contributed by atoms with Crippen molar-refractivity contribution in [3.8, 4) is 0 Å². The van der Waals surface area contributed by atoms with Crippen LogP contribution in [0.25, 0.3) is 0 Å². The summed E-state index contributed by atoms with van der Waals surface area (Å²) in [6.45, 7) is 0. The van der Waals surface area contributed by atoms with Crippen LogP contribution in [0.5, 0.6) is 0 Å². The maximum Gasteiger partial charge on any atom is 0.141 e. The molecule has 0 spiro atoms. The normalized spacial score (nSPS) is 13.9. The summed E-state index contributed by atoms with van der Waals surface area (Å²) in [5.41, 5.74) is 8.11. The van der Waals surface area contributed by atoms with Gasteiger partial charge in [0.25, 0.3) is 0 Å². The van der Waals surface area contributed by atoms with Crippen molar-refractivity contribution in [3.63, 3.8) is 0 Å². The Hall–Kier alpha value is -2.47. The molecule has 0 atom stereocenters. The maximum absolute atomic E-state index is 13.8. The number of rotatable bonds is 3. The molecule has 118 valence electrons. The van der Waals surface area contributed by atoms with Crippen LogP contribution in [-0.2, 0) is 12.8 Å². The fourth-order valence-electron chi connectivity index (χ4n) is 2.57. The average molecular weight is 336 g/mol. The minimum atomic E-state index is -0.536. The molecule has 0 unspecified atom stereocenters. The van der Waals surface area contributed by atoms with Gasteiger partial charge in [0.15, 0.2) is 0 Å². The average Bonchev–Trinajstić information content (AvgIpc) is 2.87. The predicted molar refractivity (Wildman–Crippen MR) is 84.8 cm³/mol. The smallest absolute Gasteiger partial charge is 0.141 e. The Morgan fingerprint density at radius 2 is 2.09 bits per heavy atom. The largest absolute Gasteiger partial charge is 0.411 e. The third-order valence-electron chi connectivity index (χ3n) is 3.60. The summed E-state index contributed by atoms with van der Waals surface area (Å²) in [5, 5.41) is 12.6. The summed E-state index contributed by atoms with van der Waals surface area (Å²) in [7, 11) is 0. The second-order valence-electron chi connectivity index (χ2n) is 5.20. The van der Waals surface area contributed by atoms with Crippen LogP contribution in [0.3, 0.4) is 0 Å². The molecule has 1 aliphatic heterocycles. The molecular formula is C16H12ClF2N3O. The summed E-state index contributed by atoms with van der Waals surface area (Å²) in [6, 6.07) is 6.74. The van der Waals surface area contributed by atoms with Crippen molar-refractivity contribution in [1.29, 1.82) is 0 Å². The molecule has 3 rings (SSSR count). The first-order valence-corrected chi connectivity index (χ1v) is 7.16. The lowest BCUT2D eigenvalue weighted by Crippen LogP contribution is -2.14. The van der Waals surface area contributed by atoms with Crippen molar-refractivity contribution in [2.75, 3.05) is 0 Å². The van der Waals surface area contributed by atoms with Crippen LogP contribution < -0.4 is 5.73 Å². The molecule has 2 aromatic carbocycles. The molecule has 4 nitrogen and oxygen atoms in total. The Morgan fingerprint density at radius 1 is 1.30 bits per heavy atom. The number of hydrogen-bond donors (Lipinski definition) is 2. The highest BCUT2D eigenvalue weighted by Crippen LogP contribution is 2.31. The van der Waals surface area contributed by atoms with Crippen LogP contribution in [-0.4, -0.2) is 16.8 Å². The van der Waals surface area contributed by atoms with Gasteiger partial charge in [-0.25, -0.2) is 13.8 Å². The molecule has 0 fully saturated rings. The lowest BCUT2D eigenvalue weighted by atomic mass is 9.95. The van der Waals surface area contributed by atoms with E-state index in [0.717, 1.165) is 0 Å².